The molecule has 58 valence electrons. The lowest BCUT2D eigenvalue weighted by atomic mass is 10.0. The standard InChI is InChI=1S/C8H9NOS/c1-5-4-7(10)9-6-2-3-11-8(5)6/h2-3,5H,4H2,1H3,(H,9,10)/t5-/m0/s1. The van der Waals surface area contributed by atoms with Gasteiger partial charge < -0.3 is 5.32 Å². The molecule has 0 aromatic carbocycles. The predicted molar refractivity (Wildman–Crippen MR) is 46.0 cm³/mol. The maximum Gasteiger partial charge on any atom is 0.225 e. The molecule has 1 amide bonds. The van der Waals surface area contributed by atoms with E-state index in [0.29, 0.717) is 12.3 Å². The van der Waals surface area contributed by atoms with Crippen molar-refractivity contribution in [2.45, 2.75) is 19.3 Å². The molecular formula is C8H9NOS. The summed E-state index contributed by atoms with van der Waals surface area (Å²) in [6, 6.07) is 1.97. The summed E-state index contributed by atoms with van der Waals surface area (Å²) in [5, 5.41) is 4.86. The normalized spacial score (nSPS) is 22.6. The molecular weight excluding hydrogens is 158 g/mol. The van der Waals surface area contributed by atoms with Crippen molar-refractivity contribution < 1.29 is 4.79 Å². The number of hydrogen-bond acceptors (Lipinski definition) is 2. The molecule has 1 aliphatic rings. The van der Waals surface area contributed by atoms with Gasteiger partial charge in [0.2, 0.25) is 5.91 Å². The topological polar surface area (TPSA) is 29.1 Å². The van der Waals surface area contributed by atoms with E-state index in [-0.39, 0.29) is 5.91 Å². The van der Waals surface area contributed by atoms with Crippen molar-refractivity contribution in [2.24, 2.45) is 0 Å². The van der Waals surface area contributed by atoms with Crippen LogP contribution >= 0.6 is 11.3 Å². The first-order valence-corrected chi connectivity index (χ1v) is 4.52. The number of thiophene rings is 1. The Bertz CT molecular complexity index is 292. The maximum absolute atomic E-state index is 11.0. The van der Waals surface area contributed by atoms with Crippen molar-refractivity contribution in [2.75, 3.05) is 5.32 Å². The van der Waals surface area contributed by atoms with Crippen molar-refractivity contribution in [1.29, 1.82) is 0 Å². The average molecular weight is 167 g/mol. The first-order valence-electron chi connectivity index (χ1n) is 3.64. The van der Waals surface area contributed by atoms with Crippen LogP contribution in [0.5, 0.6) is 0 Å². The third kappa shape index (κ3) is 1.05. The van der Waals surface area contributed by atoms with Gasteiger partial charge >= 0.3 is 0 Å². The summed E-state index contributed by atoms with van der Waals surface area (Å²) < 4.78 is 0. The maximum atomic E-state index is 11.0. The fourth-order valence-electron chi connectivity index (χ4n) is 1.38. The first kappa shape index (κ1) is 6.85. The molecule has 1 N–H and O–H groups in total. The molecule has 2 nitrogen and oxygen atoms in total. The minimum absolute atomic E-state index is 0.142. The second-order valence-electron chi connectivity index (χ2n) is 2.85. The summed E-state index contributed by atoms with van der Waals surface area (Å²) in [6.45, 7) is 2.09. The van der Waals surface area contributed by atoms with Gasteiger partial charge in [0, 0.05) is 17.2 Å². The SMILES string of the molecule is C[C@H]1CC(=O)Nc2ccsc21. The van der Waals surface area contributed by atoms with Crippen LogP contribution in [0.1, 0.15) is 24.1 Å². The van der Waals surface area contributed by atoms with Gasteiger partial charge in [-0.1, -0.05) is 6.92 Å². The number of carbonyl (C=O) groups excluding carboxylic acids is 1. The van der Waals surface area contributed by atoms with Gasteiger partial charge in [-0.2, -0.15) is 0 Å². The van der Waals surface area contributed by atoms with Crippen LogP contribution in [0.15, 0.2) is 11.4 Å². The number of fused-ring (bicyclic) bond motifs is 1. The van der Waals surface area contributed by atoms with Crippen LogP contribution in [0.4, 0.5) is 5.69 Å². The lowest BCUT2D eigenvalue weighted by molar-refractivity contribution is -0.116. The van der Waals surface area contributed by atoms with Gasteiger partial charge in [0.05, 0.1) is 5.69 Å². The Morgan fingerprint density at radius 3 is 3.36 bits per heavy atom. The lowest BCUT2D eigenvalue weighted by Crippen LogP contribution is -2.19. The summed E-state index contributed by atoms with van der Waals surface area (Å²) in [4.78, 5) is 12.3. The highest BCUT2D eigenvalue weighted by Gasteiger charge is 2.21. The molecule has 1 aromatic rings. The molecule has 0 unspecified atom stereocenters. The molecule has 0 spiro atoms. The average Bonchev–Trinajstić information content (AvgIpc) is 2.34. The highest BCUT2D eigenvalue weighted by molar-refractivity contribution is 7.10. The molecule has 1 aliphatic heterocycles. The first-order chi connectivity index (χ1) is 5.27. The monoisotopic (exact) mass is 167 g/mol. The summed E-state index contributed by atoms with van der Waals surface area (Å²) in [7, 11) is 0. The Morgan fingerprint density at radius 1 is 1.73 bits per heavy atom. The van der Waals surface area contributed by atoms with Gasteiger partial charge in [-0.05, 0) is 11.4 Å². The van der Waals surface area contributed by atoms with Gasteiger partial charge in [-0.3, -0.25) is 4.79 Å². The molecule has 2 heterocycles. The Morgan fingerprint density at radius 2 is 2.55 bits per heavy atom. The van der Waals surface area contributed by atoms with E-state index in [1.54, 1.807) is 11.3 Å². The van der Waals surface area contributed by atoms with Gasteiger partial charge in [-0.15, -0.1) is 11.3 Å². The smallest absolute Gasteiger partial charge is 0.225 e. The number of amides is 1. The van der Waals surface area contributed by atoms with E-state index in [4.69, 9.17) is 0 Å². The van der Waals surface area contributed by atoms with Crippen LogP contribution in [-0.4, -0.2) is 5.91 Å². The second kappa shape index (κ2) is 2.34. The highest BCUT2D eigenvalue weighted by Crippen LogP contribution is 2.35. The van der Waals surface area contributed by atoms with Crippen molar-refractivity contribution >= 4 is 22.9 Å². The molecule has 11 heavy (non-hydrogen) atoms. The Labute approximate surface area is 69.2 Å². The molecule has 0 saturated carbocycles. The van der Waals surface area contributed by atoms with Gasteiger partial charge in [-0.25, -0.2) is 0 Å². The van der Waals surface area contributed by atoms with Crippen LogP contribution in [0, 0.1) is 0 Å². The quantitative estimate of drug-likeness (QED) is 0.630. The van der Waals surface area contributed by atoms with Crippen molar-refractivity contribution in [3.05, 3.63) is 16.3 Å². The third-order valence-corrected chi connectivity index (χ3v) is 3.06. The number of nitrogens with one attached hydrogen (secondary N) is 1. The van der Waals surface area contributed by atoms with Gasteiger partial charge in [0.1, 0.15) is 0 Å². The largest absolute Gasteiger partial charge is 0.325 e. The number of rotatable bonds is 0. The van der Waals surface area contributed by atoms with E-state index < -0.39 is 0 Å². The molecule has 0 fully saturated rings. The van der Waals surface area contributed by atoms with E-state index in [9.17, 15) is 4.79 Å². The highest BCUT2D eigenvalue weighted by atomic mass is 32.1. The molecule has 0 aliphatic carbocycles. The molecule has 0 bridgehead atoms. The van der Waals surface area contributed by atoms with Crippen LogP contribution < -0.4 is 5.32 Å². The summed E-state index contributed by atoms with van der Waals surface area (Å²) in [6.07, 6.45) is 0.632. The molecule has 1 atom stereocenters. The van der Waals surface area contributed by atoms with E-state index >= 15 is 0 Å². The molecule has 3 heteroatoms. The minimum Gasteiger partial charge on any atom is -0.325 e. The second-order valence-corrected chi connectivity index (χ2v) is 3.80. The van der Waals surface area contributed by atoms with Crippen molar-refractivity contribution in [3.8, 4) is 0 Å². The van der Waals surface area contributed by atoms with E-state index in [1.165, 1.54) is 4.88 Å². The number of carbonyl (C=O) groups is 1. The summed E-state index contributed by atoms with van der Waals surface area (Å²) in [5.74, 6) is 0.544. The van der Waals surface area contributed by atoms with Crippen LogP contribution in [0.2, 0.25) is 0 Å². The lowest BCUT2D eigenvalue weighted by Gasteiger charge is -2.18. The Kier molecular flexibility index (Phi) is 1.46. The summed E-state index contributed by atoms with van der Waals surface area (Å²) >= 11 is 1.72. The van der Waals surface area contributed by atoms with Crippen LogP contribution in [0.3, 0.4) is 0 Å². The zero-order chi connectivity index (χ0) is 7.84. The predicted octanol–water partition coefficient (Wildman–Crippen LogP) is 2.19. The third-order valence-electron chi connectivity index (χ3n) is 1.91. The molecule has 1 aromatic heterocycles. The number of hydrogen-bond donors (Lipinski definition) is 1. The minimum atomic E-state index is 0.142. The van der Waals surface area contributed by atoms with Crippen LogP contribution in [-0.2, 0) is 4.79 Å². The zero-order valence-electron chi connectivity index (χ0n) is 6.26. The number of anilines is 1. The Balaban J connectivity index is 2.43. The van der Waals surface area contributed by atoms with E-state index in [1.807, 2.05) is 11.4 Å². The van der Waals surface area contributed by atoms with E-state index in [0.717, 1.165) is 5.69 Å². The van der Waals surface area contributed by atoms with Gasteiger partial charge in [0.15, 0.2) is 0 Å². The molecule has 0 saturated heterocycles. The van der Waals surface area contributed by atoms with E-state index in [2.05, 4.69) is 12.2 Å². The molecule has 2 rings (SSSR count). The molecule has 0 radical (unpaired) electrons. The van der Waals surface area contributed by atoms with Gasteiger partial charge in [0.25, 0.3) is 0 Å². The Hall–Kier alpha value is -0.830. The van der Waals surface area contributed by atoms with Crippen molar-refractivity contribution in [1.82, 2.24) is 0 Å². The zero-order valence-corrected chi connectivity index (χ0v) is 7.07. The van der Waals surface area contributed by atoms with Crippen molar-refractivity contribution in [3.63, 3.8) is 0 Å². The summed E-state index contributed by atoms with van der Waals surface area (Å²) in [5.41, 5.74) is 1.01. The fourth-order valence-corrected chi connectivity index (χ4v) is 2.29. The van der Waals surface area contributed by atoms with Crippen LogP contribution in [0.25, 0.3) is 0 Å². The fraction of sp³-hybridized carbons (Fsp3) is 0.375.